The van der Waals surface area contributed by atoms with Gasteiger partial charge in [0.05, 0.1) is 7.11 Å². The minimum Gasteiger partial charge on any atom is -0.497 e. The number of carbonyl (C=O) groups excluding carboxylic acids is 2. The van der Waals surface area contributed by atoms with E-state index in [0.717, 1.165) is 59.8 Å². The van der Waals surface area contributed by atoms with Gasteiger partial charge in [0.15, 0.2) is 0 Å². The summed E-state index contributed by atoms with van der Waals surface area (Å²) in [7, 11) is 1.61. The Morgan fingerprint density at radius 3 is 2.59 bits per heavy atom. The highest BCUT2D eigenvalue weighted by atomic mass is 16.5. The highest BCUT2D eigenvalue weighted by molar-refractivity contribution is 5.94. The second-order valence-corrected chi connectivity index (χ2v) is 9.17. The number of ether oxygens (including phenoxy) is 1. The lowest BCUT2D eigenvalue weighted by Gasteiger charge is -2.26. The SMILES string of the molecule is COc1ccc(C(=O)N2CCc3oc(-c4cccc(NC(=O)C5CCCCC5)c4)cc3C2)cc1. The van der Waals surface area contributed by atoms with Crippen LogP contribution in [0.1, 0.15) is 53.8 Å². The highest BCUT2D eigenvalue weighted by Crippen LogP contribution is 2.32. The second-order valence-electron chi connectivity index (χ2n) is 9.17. The number of benzene rings is 2. The first-order valence-electron chi connectivity index (χ1n) is 12.1. The maximum Gasteiger partial charge on any atom is 0.254 e. The Labute approximate surface area is 199 Å². The van der Waals surface area contributed by atoms with E-state index in [1.165, 1.54) is 6.42 Å². The summed E-state index contributed by atoms with van der Waals surface area (Å²) in [5, 5.41) is 3.09. The number of hydrogen-bond acceptors (Lipinski definition) is 4. The molecule has 6 heteroatoms. The van der Waals surface area contributed by atoms with Gasteiger partial charge in [-0.3, -0.25) is 9.59 Å². The summed E-state index contributed by atoms with van der Waals surface area (Å²) >= 11 is 0. The van der Waals surface area contributed by atoms with Crippen LogP contribution in [-0.2, 0) is 17.8 Å². The van der Waals surface area contributed by atoms with E-state index < -0.39 is 0 Å². The molecule has 1 aliphatic heterocycles. The van der Waals surface area contributed by atoms with Crippen molar-refractivity contribution in [3.63, 3.8) is 0 Å². The summed E-state index contributed by atoms with van der Waals surface area (Å²) in [6.45, 7) is 1.13. The van der Waals surface area contributed by atoms with E-state index in [-0.39, 0.29) is 17.7 Å². The lowest BCUT2D eigenvalue weighted by atomic mass is 9.88. The summed E-state index contributed by atoms with van der Waals surface area (Å²) in [6, 6.07) is 17.0. The van der Waals surface area contributed by atoms with Crippen LogP contribution in [0.25, 0.3) is 11.3 Å². The van der Waals surface area contributed by atoms with Gasteiger partial charge in [-0.1, -0.05) is 31.4 Å². The summed E-state index contributed by atoms with van der Waals surface area (Å²) in [5.74, 6) is 2.64. The van der Waals surface area contributed by atoms with Crippen LogP contribution in [0, 0.1) is 5.92 Å². The molecule has 1 fully saturated rings. The van der Waals surface area contributed by atoms with Crippen LogP contribution in [0.2, 0.25) is 0 Å². The fraction of sp³-hybridized carbons (Fsp3) is 0.357. The van der Waals surface area contributed by atoms with Crippen molar-refractivity contribution >= 4 is 17.5 Å². The number of furan rings is 1. The number of hydrogen-bond donors (Lipinski definition) is 1. The van der Waals surface area contributed by atoms with Crippen molar-refractivity contribution in [2.24, 2.45) is 5.92 Å². The van der Waals surface area contributed by atoms with Gasteiger partial charge in [-0.15, -0.1) is 0 Å². The van der Waals surface area contributed by atoms with Crippen molar-refractivity contribution in [1.82, 2.24) is 4.90 Å². The number of carbonyl (C=O) groups is 2. The predicted molar refractivity (Wildman–Crippen MR) is 131 cm³/mol. The number of amides is 2. The van der Waals surface area contributed by atoms with Crippen molar-refractivity contribution in [3.05, 3.63) is 71.5 Å². The molecule has 1 aliphatic carbocycles. The van der Waals surface area contributed by atoms with E-state index >= 15 is 0 Å². The van der Waals surface area contributed by atoms with Crippen LogP contribution < -0.4 is 10.1 Å². The molecular formula is C28H30N2O4. The monoisotopic (exact) mass is 458 g/mol. The van der Waals surface area contributed by atoms with Gasteiger partial charge >= 0.3 is 0 Å². The zero-order valence-corrected chi connectivity index (χ0v) is 19.5. The van der Waals surface area contributed by atoms with E-state index in [9.17, 15) is 9.59 Å². The molecule has 0 saturated heterocycles. The van der Waals surface area contributed by atoms with Crippen molar-refractivity contribution < 1.29 is 18.7 Å². The largest absolute Gasteiger partial charge is 0.497 e. The van der Waals surface area contributed by atoms with E-state index in [1.54, 1.807) is 31.4 Å². The molecule has 5 rings (SSSR count). The Bertz CT molecular complexity index is 1180. The van der Waals surface area contributed by atoms with Gasteiger partial charge < -0.3 is 19.4 Å². The van der Waals surface area contributed by atoms with Crippen LogP contribution in [0.3, 0.4) is 0 Å². The highest BCUT2D eigenvalue weighted by Gasteiger charge is 2.26. The molecule has 3 aromatic rings. The van der Waals surface area contributed by atoms with Crippen LogP contribution in [0.5, 0.6) is 5.75 Å². The molecule has 6 nitrogen and oxygen atoms in total. The van der Waals surface area contributed by atoms with Crippen molar-refractivity contribution in [3.8, 4) is 17.1 Å². The molecule has 176 valence electrons. The maximum absolute atomic E-state index is 13.0. The Balaban J connectivity index is 1.28. The standard InChI is InChI=1S/C28H30N2O4/c1-33-24-12-10-20(11-13-24)28(32)30-15-14-25-22(18-30)17-26(34-25)21-8-5-9-23(16-21)29-27(31)19-6-3-2-4-7-19/h5,8-13,16-17,19H,2-4,6-7,14-15,18H2,1H3,(H,29,31). The fourth-order valence-corrected chi connectivity index (χ4v) is 4.92. The number of fused-ring (bicyclic) bond motifs is 1. The molecule has 2 aromatic carbocycles. The lowest BCUT2D eigenvalue weighted by molar-refractivity contribution is -0.120. The number of nitrogens with zero attached hydrogens (tertiary/aromatic N) is 1. The molecule has 2 amide bonds. The summed E-state index contributed by atoms with van der Waals surface area (Å²) < 4.78 is 11.4. The van der Waals surface area contributed by atoms with Crippen molar-refractivity contribution in [2.45, 2.75) is 45.1 Å². The van der Waals surface area contributed by atoms with E-state index in [1.807, 2.05) is 35.2 Å². The third kappa shape index (κ3) is 4.72. The third-order valence-electron chi connectivity index (χ3n) is 6.88. The molecule has 0 bridgehead atoms. The molecule has 34 heavy (non-hydrogen) atoms. The van der Waals surface area contributed by atoms with Gasteiger partial charge in [0.2, 0.25) is 5.91 Å². The third-order valence-corrected chi connectivity index (χ3v) is 6.88. The van der Waals surface area contributed by atoms with Crippen molar-refractivity contribution in [1.29, 1.82) is 0 Å². The first kappa shape index (κ1) is 22.3. The Kier molecular flexibility index (Phi) is 6.39. The summed E-state index contributed by atoms with van der Waals surface area (Å²) in [5.41, 5.74) is 3.39. The van der Waals surface area contributed by atoms with E-state index in [0.29, 0.717) is 25.1 Å². The minimum atomic E-state index is 0.00322. The normalized spacial score (nSPS) is 16.1. The average molecular weight is 459 g/mol. The second kappa shape index (κ2) is 9.75. The van der Waals surface area contributed by atoms with Gasteiger partial charge in [-0.25, -0.2) is 0 Å². The summed E-state index contributed by atoms with van der Waals surface area (Å²) in [6.07, 6.45) is 6.12. The summed E-state index contributed by atoms with van der Waals surface area (Å²) in [4.78, 5) is 27.5. The van der Waals surface area contributed by atoms with Crippen molar-refractivity contribution in [2.75, 3.05) is 19.0 Å². The molecule has 0 atom stereocenters. The topological polar surface area (TPSA) is 71.8 Å². The smallest absolute Gasteiger partial charge is 0.254 e. The van der Waals surface area contributed by atoms with E-state index in [2.05, 4.69) is 5.32 Å². The maximum atomic E-state index is 13.0. The molecule has 1 saturated carbocycles. The van der Waals surface area contributed by atoms with Gasteiger partial charge in [0, 0.05) is 47.8 Å². The van der Waals surface area contributed by atoms with Crippen LogP contribution in [0.15, 0.2) is 59.0 Å². The average Bonchev–Trinajstić information content (AvgIpc) is 3.32. The lowest BCUT2D eigenvalue weighted by Crippen LogP contribution is -2.35. The number of methoxy groups -OCH3 is 1. The molecule has 0 radical (unpaired) electrons. The molecule has 1 aromatic heterocycles. The Hall–Kier alpha value is -3.54. The Morgan fingerprint density at radius 1 is 1.03 bits per heavy atom. The van der Waals surface area contributed by atoms with Crippen LogP contribution >= 0.6 is 0 Å². The first-order chi connectivity index (χ1) is 16.6. The molecule has 2 aliphatic rings. The van der Waals surface area contributed by atoms with Gasteiger partial charge in [0.1, 0.15) is 17.3 Å². The molecule has 0 spiro atoms. The number of rotatable bonds is 5. The first-order valence-corrected chi connectivity index (χ1v) is 12.1. The number of nitrogens with one attached hydrogen (secondary N) is 1. The predicted octanol–water partition coefficient (Wildman–Crippen LogP) is 5.67. The number of anilines is 1. The Morgan fingerprint density at radius 2 is 1.82 bits per heavy atom. The van der Waals surface area contributed by atoms with Gasteiger partial charge in [-0.2, -0.15) is 0 Å². The zero-order valence-electron chi connectivity index (χ0n) is 19.5. The van der Waals surface area contributed by atoms with Gasteiger partial charge in [0.25, 0.3) is 5.91 Å². The molecule has 1 N–H and O–H groups in total. The molecule has 0 unspecified atom stereocenters. The fourth-order valence-electron chi connectivity index (χ4n) is 4.92. The van der Waals surface area contributed by atoms with E-state index in [4.69, 9.17) is 9.15 Å². The minimum absolute atomic E-state index is 0.00322. The van der Waals surface area contributed by atoms with Gasteiger partial charge in [-0.05, 0) is 55.3 Å². The quantitative estimate of drug-likeness (QED) is 0.535. The zero-order chi connectivity index (χ0) is 23.5. The molecule has 2 heterocycles. The van der Waals surface area contributed by atoms with Crippen LogP contribution in [-0.4, -0.2) is 30.4 Å². The molecular weight excluding hydrogens is 428 g/mol. The van der Waals surface area contributed by atoms with Crippen LogP contribution in [0.4, 0.5) is 5.69 Å².